The van der Waals surface area contributed by atoms with Gasteiger partial charge < -0.3 is 10.6 Å². The summed E-state index contributed by atoms with van der Waals surface area (Å²) in [5, 5.41) is 6.32. The number of hydrogen-bond donors (Lipinski definition) is 2. The van der Waals surface area contributed by atoms with Gasteiger partial charge in [-0.05, 0) is 55.0 Å². The van der Waals surface area contributed by atoms with Crippen LogP contribution in [0.3, 0.4) is 0 Å². The van der Waals surface area contributed by atoms with Crippen LogP contribution in [0.2, 0.25) is 0 Å². The minimum Gasteiger partial charge on any atom is -0.385 e. The quantitative estimate of drug-likeness (QED) is 0.803. The van der Waals surface area contributed by atoms with Crippen LogP contribution in [-0.2, 0) is 6.42 Å². The maximum Gasteiger partial charge on any atom is 0.251 e. The molecule has 4 heteroatoms. The van der Waals surface area contributed by atoms with Gasteiger partial charge in [-0.3, -0.25) is 4.79 Å². The van der Waals surface area contributed by atoms with Crippen molar-refractivity contribution in [2.75, 3.05) is 30.4 Å². The number of hydrogen-bond acceptors (Lipinski definition) is 3. The van der Waals surface area contributed by atoms with Crippen molar-refractivity contribution in [3.63, 3.8) is 0 Å². The van der Waals surface area contributed by atoms with Crippen LogP contribution in [0.25, 0.3) is 0 Å². The number of rotatable bonds is 5. The highest BCUT2D eigenvalue weighted by Gasteiger charge is 2.11. The third kappa shape index (κ3) is 3.42. The zero-order valence-electron chi connectivity index (χ0n) is 10.8. The van der Waals surface area contributed by atoms with E-state index in [0.29, 0.717) is 0 Å². The van der Waals surface area contributed by atoms with Gasteiger partial charge >= 0.3 is 0 Å². The Labute approximate surface area is 113 Å². The van der Waals surface area contributed by atoms with Crippen LogP contribution in [0.5, 0.6) is 0 Å². The van der Waals surface area contributed by atoms with Gasteiger partial charge in [-0.25, -0.2) is 0 Å². The molecule has 0 atom stereocenters. The highest BCUT2D eigenvalue weighted by atomic mass is 32.2. The lowest BCUT2D eigenvalue weighted by Gasteiger charge is -2.18. The molecule has 0 unspecified atom stereocenters. The first-order valence-electron chi connectivity index (χ1n) is 6.45. The molecule has 0 radical (unpaired) electrons. The average Bonchev–Trinajstić information content (AvgIpc) is 2.43. The largest absolute Gasteiger partial charge is 0.385 e. The summed E-state index contributed by atoms with van der Waals surface area (Å²) in [5.41, 5.74) is 3.22. The van der Waals surface area contributed by atoms with Crippen molar-refractivity contribution < 1.29 is 4.79 Å². The summed E-state index contributed by atoms with van der Waals surface area (Å²) >= 11 is 1.81. The molecular formula is C14H20N2OS. The van der Waals surface area contributed by atoms with Gasteiger partial charge in [0.15, 0.2) is 0 Å². The number of thioether (sulfide) groups is 1. The minimum atomic E-state index is 0.0458. The lowest BCUT2D eigenvalue weighted by atomic mass is 10.0. The number of benzene rings is 1. The van der Waals surface area contributed by atoms with Crippen LogP contribution < -0.4 is 10.6 Å². The Morgan fingerprint density at radius 1 is 1.50 bits per heavy atom. The summed E-state index contributed by atoms with van der Waals surface area (Å²) < 4.78 is 0. The summed E-state index contributed by atoms with van der Waals surface area (Å²) in [6.45, 7) is 1.79. The van der Waals surface area contributed by atoms with Gasteiger partial charge in [0.05, 0.1) is 0 Å². The Balaban J connectivity index is 1.94. The van der Waals surface area contributed by atoms with Crippen molar-refractivity contribution in [2.45, 2.75) is 19.3 Å². The molecular weight excluding hydrogens is 244 g/mol. The molecule has 1 aromatic carbocycles. The Hall–Kier alpha value is -1.16. The Morgan fingerprint density at radius 3 is 3.22 bits per heavy atom. The van der Waals surface area contributed by atoms with E-state index >= 15 is 0 Å². The van der Waals surface area contributed by atoms with Crippen LogP contribution in [0, 0.1) is 0 Å². The number of carbonyl (C=O) groups is 1. The summed E-state index contributed by atoms with van der Waals surface area (Å²) in [4.78, 5) is 12.0. The highest BCUT2D eigenvalue weighted by molar-refractivity contribution is 7.98. The fraction of sp³-hybridized carbons (Fsp3) is 0.500. The van der Waals surface area contributed by atoms with Crippen LogP contribution in [0.4, 0.5) is 5.69 Å². The zero-order valence-corrected chi connectivity index (χ0v) is 11.6. The lowest BCUT2D eigenvalue weighted by molar-refractivity contribution is 0.0953. The second-order valence-electron chi connectivity index (χ2n) is 4.50. The molecule has 2 N–H and O–H groups in total. The molecule has 0 saturated heterocycles. The first-order chi connectivity index (χ1) is 8.81. The summed E-state index contributed by atoms with van der Waals surface area (Å²) in [6, 6.07) is 5.94. The van der Waals surface area contributed by atoms with E-state index in [4.69, 9.17) is 0 Å². The van der Waals surface area contributed by atoms with E-state index in [9.17, 15) is 4.79 Å². The van der Waals surface area contributed by atoms with E-state index in [1.807, 2.05) is 30.0 Å². The second-order valence-corrected chi connectivity index (χ2v) is 5.49. The van der Waals surface area contributed by atoms with Gasteiger partial charge in [0.1, 0.15) is 0 Å². The zero-order chi connectivity index (χ0) is 12.8. The molecule has 0 spiro atoms. The van der Waals surface area contributed by atoms with E-state index in [1.54, 1.807) is 0 Å². The van der Waals surface area contributed by atoms with Gasteiger partial charge in [0.25, 0.3) is 5.91 Å². The third-order valence-corrected chi connectivity index (χ3v) is 3.81. The molecule has 1 aliphatic rings. The SMILES string of the molecule is CSCCCNC(=O)c1ccc2c(c1)CCCN2. The third-order valence-electron chi connectivity index (χ3n) is 3.12. The molecule has 0 aliphatic carbocycles. The van der Waals surface area contributed by atoms with Crippen molar-refractivity contribution in [1.29, 1.82) is 0 Å². The minimum absolute atomic E-state index is 0.0458. The number of anilines is 1. The first-order valence-corrected chi connectivity index (χ1v) is 7.84. The predicted molar refractivity (Wildman–Crippen MR) is 78.6 cm³/mol. The van der Waals surface area contributed by atoms with Gasteiger partial charge in [0.2, 0.25) is 0 Å². The molecule has 18 heavy (non-hydrogen) atoms. The molecule has 0 bridgehead atoms. The molecule has 3 nitrogen and oxygen atoms in total. The van der Waals surface area contributed by atoms with E-state index in [-0.39, 0.29) is 5.91 Å². The van der Waals surface area contributed by atoms with Crippen LogP contribution in [0.1, 0.15) is 28.8 Å². The normalized spacial score (nSPS) is 13.6. The molecule has 1 heterocycles. The van der Waals surface area contributed by atoms with E-state index in [1.165, 1.54) is 11.3 Å². The molecule has 1 aromatic rings. The lowest BCUT2D eigenvalue weighted by Crippen LogP contribution is -2.25. The van der Waals surface area contributed by atoms with Crippen molar-refractivity contribution in [2.24, 2.45) is 0 Å². The number of carbonyl (C=O) groups excluding carboxylic acids is 1. The van der Waals surface area contributed by atoms with Crippen molar-refractivity contribution >= 4 is 23.4 Å². The van der Waals surface area contributed by atoms with Gasteiger partial charge in [0, 0.05) is 24.3 Å². The molecule has 0 aromatic heterocycles. The number of amides is 1. The number of aryl methyl sites for hydroxylation is 1. The topological polar surface area (TPSA) is 41.1 Å². The highest BCUT2D eigenvalue weighted by Crippen LogP contribution is 2.22. The van der Waals surface area contributed by atoms with Crippen molar-refractivity contribution in [3.05, 3.63) is 29.3 Å². The maximum atomic E-state index is 12.0. The van der Waals surface area contributed by atoms with E-state index in [0.717, 1.165) is 43.7 Å². The summed E-state index contributed by atoms with van der Waals surface area (Å²) in [6.07, 6.45) is 5.32. The summed E-state index contributed by atoms with van der Waals surface area (Å²) in [7, 11) is 0. The monoisotopic (exact) mass is 264 g/mol. The van der Waals surface area contributed by atoms with Crippen LogP contribution >= 0.6 is 11.8 Å². The molecule has 2 rings (SSSR count). The van der Waals surface area contributed by atoms with Gasteiger partial charge in [-0.2, -0.15) is 11.8 Å². The molecule has 0 saturated carbocycles. The molecule has 1 aliphatic heterocycles. The summed E-state index contributed by atoms with van der Waals surface area (Å²) in [5.74, 6) is 1.14. The molecule has 0 fully saturated rings. The molecule has 1 amide bonds. The Morgan fingerprint density at radius 2 is 2.39 bits per heavy atom. The average molecular weight is 264 g/mol. The van der Waals surface area contributed by atoms with Crippen molar-refractivity contribution in [1.82, 2.24) is 5.32 Å². The van der Waals surface area contributed by atoms with Crippen LogP contribution in [-0.4, -0.2) is 31.0 Å². The first kappa shape index (κ1) is 13.3. The van der Waals surface area contributed by atoms with E-state index in [2.05, 4.69) is 16.9 Å². The van der Waals surface area contributed by atoms with Crippen molar-refractivity contribution in [3.8, 4) is 0 Å². The van der Waals surface area contributed by atoms with Gasteiger partial charge in [-0.1, -0.05) is 0 Å². The fourth-order valence-electron chi connectivity index (χ4n) is 2.14. The smallest absolute Gasteiger partial charge is 0.251 e. The van der Waals surface area contributed by atoms with E-state index < -0.39 is 0 Å². The fourth-order valence-corrected chi connectivity index (χ4v) is 2.57. The predicted octanol–water partition coefficient (Wildman–Crippen LogP) is 2.53. The molecule has 98 valence electrons. The maximum absolute atomic E-state index is 12.0. The Kier molecular flexibility index (Phi) is 4.93. The van der Waals surface area contributed by atoms with Crippen LogP contribution in [0.15, 0.2) is 18.2 Å². The van der Waals surface area contributed by atoms with Gasteiger partial charge in [-0.15, -0.1) is 0 Å². The standard InChI is InChI=1S/C14H20N2OS/c1-18-9-3-8-16-14(17)12-5-6-13-11(10-12)4-2-7-15-13/h5-6,10,15H,2-4,7-9H2,1H3,(H,16,17). The number of fused-ring (bicyclic) bond motifs is 1. The second kappa shape index (κ2) is 6.69. The number of nitrogens with one attached hydrogen (secondary N) is 2. The Bertz CT molecular complexity index is 420.